The molecule has 1 aromatic heterocycles. The van der Waals surface area contributed by atoms with Gasteiger partial charge in [-0.25, -0.2) is 4.57 Å². The quantitative estimate of drug-likeness (QED) is 0.359. The van der Waals surface area contributed by atoms with Gasteiger partial charge < -0.3 is 19.5 Å². The predicted octanol–water partition coefficient (Wildman–Crippen LogP) is 4.00. The van der Waals surface area contributed by atoms with Crippen LogP contribution in [-0.2, 0) is 29.5 Å². The second-order valence-corrected chi connectivity index (χ2v) is 11.1. The second-order valence-electron chi connectivity index (χ2n) is 11.1. The molecule has 2 aliphatic rings. The Kier molecular flexibility index (Phi) is 8.88. The van der Waals surface area contributed by atoms with E-state index in [9.17, 15) is 14.7 Å². The Morgan fingerprint density at radius 3 is 2.76 bits per heavy atom. The maximum Gasteiger partial charge on any atom is 0.308 e. The first-order valence-corrected chi connectivity index (χ1v) is 14.5. The number of carboxylic acids is 1. The highest BCUT2D eigenvalue weighted by molar-refractivity contribution is 5.94. The van der Waals surface area contributed by atoms with Gasteiger partial charge >= 0.3 is 5.97 Å². The molecule has 0 saturated carbocycles. The van der Waals surface area contributed by atoms with E-state index in [4.69, 9.17) is 9.47 Å². The molecule has 2 aromatic carbocycles. The van der Waals surface area contributed by atoms with Crippen molar-refractivity contribution in [3.63, 3.8) is 0 Å². The average molecular weight is 559 g/mol. The lowest BCUT2D eigenvalue weighted by atomic mass is 9.82. The highest BCUT2D eigenvalue weighted by atomic mass is 16.5. The fourth-order valence-corrected chi connectivity index (χ4v) is 6.32. The van der Waals surface area contributed by atoms with Crippen LogP contribution >= 0.6 is 0 Å². The van der Waals surface area contributed by atoms with Crippen molar-refractivity contribution in [2.24, 2.45) is 13.0 Å². The van der Waals surface area contributed by atoms with Gasteiger partial charge in [-0.05, 0) is 47.7 Å². The van der Waals surface area contributed by atoms with Crippen molar-refractivity contribution in [3.05, 3.63) is 83.7 Å². The summed E-state index contributed by atoms with van der Waals surface area (Å²) in [6.45, 7) is 3.98. The third-order valence-corrected chi connectivity index (χ3v) is 8.41. The lowest BCUT2D eigenvalue weighted by molar-refractivity contribution is -0.670. The van der Waals surface area contributed by atoms with E-state index in [2.05, 4.69) is 17.9 Å². The van der Waals surface area contributed by atoms with E-state index in [1.54, 1.807) is 7.11 Å². The van der Waals surface area contributed by atoms with E-state index < -0.39 is 11.9 Å². The first kappa shape index (κ1) is 28.6. The molecule has 1 fully saturated rings. The van der Waals surface area contributed by atoms with E-state index >= 15 is 0 Å². The van der Waals surface area contributed by atoms with E-state index in [1.807, 2.05) is 77.4 Å². The molecular formula is C33H40N3O5+. The van der Waals surface area contributed by atoms with Gasteiger partial charge in [0.05, 0.1) is 26.2 Å². The van der Waals surface area contributed by atoms with Gasteiger partial charge in [0.15, 0.2) is 12.4 Å². The van der Waals surface area contributed by atoms with E-state index in [0.717, 1.165) is 53.1 Å². The summed E-state index contributed by atoms with van der Waals surface area (Å²) in [6, 6.07) is 17.3. The predicted molar refractivity (Wildman–Crippen MR) is 156 cm³/mol. The summed E-state index contributed by atoms with van der Waals surface area (Å²) in [7, 11) is 3.57. The van der Waals surface area contributed by atoms with Crippen LogP contribution in [0.3, 0.4) is 0 Å². The molecular weight excluding hydrogens is 518 g/mol. The lowest BCUT2D eigenvalue weighted by Crippen LogP contribution is -2.46. The lowest BCUT2D eigenvalue weighted by Gasteiger charge is -2.29. The second kappa shape index (κ2) is 12.7. The number of ether oxygens (including phenoxy) is 2. The summed E-state index contributed by atoms with van der Waals surface area (Å²) in [5, 5.41) is 10.6. The summed E-state index contributed by atoms with van der Waals surface area (Å²) >= 11 is 0. The number of likely N-dealkylation sites (tertiary alicyclic amines) is 1. The van der Waals surface area contributed by atoms with Gasteiger partial charge in [-0.2, -0.15) is 0 Å². The molecule has 3 aromatic rings. The molecule has 0 unspecified atom stereocenters. The summed E-state index contributed by atoms with van der Waals surface area (Å²) in [6.07, 6.45) is 7.04. The molecule has 8 nitrogen and oxygen atoms in total. The maximum absolute atomic E-state index is 14.0. The number of aromatic nitrogens is 1. The minimum Gasteiger partial charge on any atom is -0.496 e. The summed E-state index contributed by atoms with van der Waals surface area (Å²) in [4.78, 5) is 30.9. The molecule has 41 heavy (non-hydrogen) atoms. The largest absolute Gasteiger partial charge is 0.496 e. The normalized spacial score (nSPS) is 19.9. The summed E-state index contributed by atoms with van der Waals surface area (Å²) in [5.74, 6) is -0.223. The van der Waals surface area contributed by atoms with Gasteiger partial charge in [-0.1, -0.05) is 43.7 Å². The van der Waals surface area contributed by atoms with Gasteiger partial charge in [0.2, 0.25) is 5.91 Å². The molecule has 0 bridgehead atoms. The number of carboxylic acid groups (broad SMARTS) is 1. The Morgan fingerprint density at radius 2 is 2.00 bits per heavy atom. The Labute approximate surface area is 242 Å². The van der Waals surface area contributed by atoms with Gasteiger partial charge in [0.25, 0.3) is 0 Å². The van der Waals surface area contributed by atoms with Crippen LogP contribution in [0.5, 0.6) is 11.5 Å². The van der Waals surface area contributed by atoms with Gasteiger partial charge in [-0.3, -0.25) is 14.5 Å². The van der Waals surface area contributed by atoms with Crippen LogP contribution < -0.4 is 18.9 Å². The minimum absolute atomic E-state index is 0.0261. The van der Waals surface area contributed by atoms with Crippen molar-refractivity contribution in [3.8, 4) is 11.5 Å². The van der Waals surface area contributed by atoms with Crippen molar-refractivity contribution in [2.45, 2.75) is 44.6 Å². The zero-order valence-electron chi connectivity index (χ0n) is 24.2. The van der Waals surface area contributed by atoms with Gasteiger partial charge in [0.1, 0.15) is 24.2 Å². The molecule has 2 aliphatic heterocycles. The van der Waals surface area contributed by atoms with Crippen LogP contribution in [0.15, 0.2) is 67.0 Å². The first-order valence-electron chi connectivity index (χ1n) is 14.5. The topological polar surface area (TPSA) is 83.2 Å². The van der Waals surface area contributed by atoms with E-state index in [0.29, 0.717) is 26.1 Å². The SMILES string of the molecule is CCCCN(C(=O)CN1C[C@H](c2ccc3c(c2)CCO3)[C@@H](C(=O)O)[C@@H]1Cc1ccccc1OC)c1ccc[n+](C)c1. The van der Waals surface area contributed by atoms with Crippen molar-refractivity contribution in [1.29, 1.82) is 0 Å². The molecule has 1 amide bonds. The summed E-state index contributed by atoms with van der Waals surface area (Å²) < 4.78 is 13.3. The number of rotatable bonds is 11. The van der Waals surface area contributed by atoms with Crippen LogP contribution in [0.1, 0.15) is 42.4 Å². The molecule has 0 spiro atoms. The van der Waals surface area contributed by atoms with Crippen molar-refractivity contribution < 1.29 is 28.7 Å². The fraction of sp³-hybridized carbons (Fsp3) is 0.424. The number of hydrogen-bond donors (Lipinski definition) is 1. The van der Waals surface area contributed by atoms with Crippen LogP contribution in [0.2, 0.25) is 0 Å². The number of nitrogens with zero attached hydrogens (tertiary/aromatic N) is 3. The van der Waals surface area contributed by atoms with E-state index in [-0.39, 0.29) is 24.4 Å². The molecule has 8 heteroatoms. The Balaban J connectivity index is 1.49. The van der Waals surface area contributed by atoms with Crippen LogP contribution in [0.25, 0.3) is 0 Å². The number of pyridine rings is 1. The highest BCUT2D eigenvalue weighted by Crippen LogP contribution is 2.41. The standard InChI is InChI=1S/C33H39N3O5/c1-4-5-16-36(26-10-8-15-34(2)20-26)31(37)22-35-21-27(23-12-13-30-25(18-23)14-17-41-30)32(33(38)39)28(35)19-24-9-6-7-11-29(24)40-3/h6-13,15,18,20,27-28,32H,4-5,14,16-17,19,21-22H2,1-3H3/p+1/t27-,28+,32-/m1/s1. The number of carbonyl (C=O) groups excluding carboxylic acids is 1. The molecule has 1 N–H and O–H groups in total. The first-order chi connectivity index (χ1) is 19.9. The third-order valence-electron chi connectivity index (χ3n) is 8.41. The highest BCUT2D eigenvalue weighted by Gasteiger charge is 2.47. The molecule has 1 saturated heterocycles. The number of anilines is 1. The molecule has 216 valence electrons. The van der Waals surface area contributed by atoms with Crippen molar-refractivity contribution >= 4 is 17.6 Å². The molecule has 0 aliphatic carbocycles. The number of unbranched alkanes of at least 4 members (excludes halogenated alkanes) is 1. The number of carbonyl (C=O) groups is 2. The monoisotopic (exact) mass is 558 g/mol. The third kappa shape index (κ3) is 6.22. The van der Waals surface area contributed by atoms with Crippen molar-refractivity contribution in [2.75, 3.05) is 38.3 Å². The fourth-order valence-electron chi connectivity index (χ4n) is 6.32. The Hall–Kier alpha value is -3.91. The smallest absolute Gasteiger partial charge is 0.308 e. The number of para-hydroxylation sites is 1. The van der Waals surface area contributed by atoms with Gasteiger partial charge in [-0.15, -0.1) is 0 Å². The number of methoxy groups -OCH3 is 1. The minimum atomic E-state index is -0.848. The average Bonchev–Trinajstić information content (AvgIpc) is 3.58. The number of amides is 1. The Bertz CT molecular complexity index is 1390. The molecule has 3 heterocycles. The molecule has 0 radical (unpaired) electrons. The van der Waals surface area contributed by atoms with Crippen LogP contribution in [0, 0.1) is 5.92 Å². The van der Waals surface area contributed by atoms with Gasteiger partial charge in [0, 0.05) is 37.5 Å². The summed E-state index contributed by atoms with van der Waals surface area (Å²) in [5.41, 5.74) is 3.88. The zero-order chi connectivity index (χ0) is 28.9. The zero-order valence-corrected chi connectivity index (χ0v) is 24.2. The van der Waals surface area contributed by atoms with Crippen LogP contribution in [0.4, 0.5) is 5.69 Å². The maximum atomic E-state index is 14.0. The van der Waals surface area contributed by atoms with Crippen LogP contribution in [-0.4, -0.2) is 61.3 Å². The number of aryl methyl sites for hydroxylation is 1. The Morgan fingerprint density at radius 1 is 1.17 bits per heavy atom. The number of fused-ring (bicyclic) bond motifs is 1. The number of benzene rings is 2. The molecule has 3 atom stereocenters. The number of hydrogen-bond acceptors (Lipinski definition) is 5. The van der Waals surface area contributed by atoms with E-state index in [1.165, 1.54) is 0 Å². The number of aliphatic carboxylic acids is 1. The molecule has 5 rings (SSSR count). The van der Waals surface area contributed by atoms with Crippen molar-refractivity contribution in [1.82, 2.24) is 4.90 Å².